The number of nitrogens with one attached hydrogen (secondary N) is 1. The molecule has 1 aliphatic heterocycles. The molecule has 1 amide bonds. The van der Waals surface area contributed by atoms with E-state index in [1.165, 1.54) is 6.07 Å². The first-order chi connectivity index (χ1) is 13.0. The van der Waals surface area contributed by atoms with Gasteiger partial charge in [-0.1, -0.05) is 13.0 Å². The van der Waals surface area contributed by atoms with Crippen molar-refractivity contribution in [2.75, 3.05) is 29.6 Å². The summed E-state index contributed by atoms with van der Waals surface area (Å²) in [6.07, 6.45) is 4.00. The van der Waals surface area contributed by atoms with Crippen LogP contribution in [0.5, 0.6) is 0 Å². The monoisotopic (exact) mass is 385 g/mol. The van der Waals surface area contributed by atoms with Crippen molar-refractivity contribution >= 4 is 34.7 Å². The van der Waals surface area contributed by atoms with Gasteiger partial charge in [0.1, 0.15) is 5.69 Å². The molecule has 1 heterocycles. The molecule has 0 aliphatic carbocycles. The van der Waals surface area contributed by atoms with E-state index in [-0.39, 0.29) is 17.2 Å². The van der Waals surface area contributed by atoms with Gasteiger partial charge in [-0.15, -0.1) is 11.8 Å². The molecule has 0 unspecified atom stereocenters. The summed E-state index contributed by atoms with van der Waals surface area (Å²) in [6.45, 7) is 3.80. The van der Waals surface area contributed by atoms with Gasteiger partial charge < -0.3 is 10.2 Å². The van der Waals surface area contributed by atoms with E-state index in [0.29, 0.717) is 17.3 Å². The molecule has 2 aromatic rings. The molecule has 0 aromatic heterocycles. The third-order valence-electron chi connectivity index (χ3n) is 4.89. The van der Waals surface area contributed by atoms with Crippen LogP contribution in [0.4, 0.5) is 17.1 Å². The lowest BCUT2D eigenvalue weighted by atomic mass is 9.98. The number of amides is 1. The number of hydrogen-bond acceptors (Lipinski definition) is 5. The van der Waals surface area contributed by atoms with Gasteiger partial charge in [-0.05, 0) is 55.3 Å². The Balaban J connectivity index is 1.82. The molecular weight excluding hydrogens is 362 g/mol. The van der Waals surface area contributed by atoms with Gasteiger partial charge in [0, 0.05) is 35.3 Å². The van der Waals surface area contributed by atoms with E-state index in [1.807, 2.05) is 29.4 Å². The molecule has 27 heavy (non-hydrogen) atoms. The Kier molecular flexibility index (Phi) is 6.01. The molecule has 1 saturated heterocycles. The molecule has 142 valence electrons. The topological polar surface area (TPSA) is 75.5 Å². The number of hydrogen-bond donors (Lipinski definition) is 1. The summed E-state index contributed by atoms with van der Waals surface area (Å²) in [7, 11) is 0. The number of carbonyl (C=O) groups excluding carboxylic acids is 1. The zero-order valence-corrected chi connectivity index (χ0v) is 16.3. The van der Waals surface area contributed by atoms with Crippen LogP contribution >= 0.6 is 11.8 Å². The Hall–Kier alpha value is -2.54. The van der Waals surface area contributed by atoms with E-state index in [2.05, 4.69) is 12.2 Å². The van der Waals surface area contributed by atoms with Crippen molar-refractivity contribution in [3.63, 3.8) is 0 Å². The van der Waals surface area contributed by atoms with Crippen molar-refractivity contribution in [2.45, 2.75) is 24.7 Å². The minimum absolute atomic E-state index is 0.0185. The average molecular weight is 385 g/mol. The fraction of sp³-hybridized carbons (Fsp3) is 0.350. The second-order valence-electron chi connectivity index (χ2n) is 6.82. The highest BCUT2D eigenvalue weighted by Crippen LogP contribution is 2.32. The van der Waals surface area contributed by atoms with Gasteiger partial charge in [0.25, 0.3) is 11.6 Å². The van der Waals surface area contributed by atoms with Gasteiger partial charge in [0.05, 0.1) is 4.92 Å². The van der Waals surface area contributed by atoms with Crippen LogP contribution in [-0.2, 0) is 0 Å². The van der Waals surface area contributed by atoms with E-state index in [1.54, 1.807) is 30.0 Å². The predicted molar refractivity (Wildman–Crippen MR) is 110 cm³/mol. The zero-order chi connectivity index (χ0) is 19.4. The third-order valence-corrected chi connectivity index (χ3v) is 5.61. The Bertz CT molecular complexity index is 848. The lowest BCUT2D eigenvalue weighted by Gasteiger charge is -2.31. The molecule has 3 rings (SSSR count). The second kappa shape index (κ2) is 8.43. The predicted octanol–water partition coefficient (Wildman–Crippen LogP) is 4.81. The standard InChI is InChI=1S/C20H23N3O3S/c1-14-8-10-22(11-9-14)18-7-6-15(12-19(18)23(25)26)20(24)21-16-4-3-5-17(13-16)27-2/h3-7,12-14H,8-11H2,1-2H3,(H,21,24). The van der Waals surface area contributed by atoms with E-state index in [9.17, 15) is 14.9 Å². The van der Waals surface area contributed by atoms with Crippen LogP contribution in [0.25, 0.3) is 0 Å². The van der Waals surface area contributed by atoms with E-state index < -0.39 is 4.92 Å². The summed E-state index contributed by atoms with van der Waals surface area (Å²) in [5.41, 5.74) is 1.52. The number of carbonyl (C=O) groups is 1. The van der Waals surface area contributed by atoms with Crippen molar-refractivity contribution < 1.29 is 9.72 Å². The quantitative estimate of drug-likeness (QED) is 0.454. The molecule has 0 atom stereocenters. The van der Waals surface area contributed by atoms with Gasteiger partial charge in [-0.2, -0.15) is 0 Å². The first-order valence-electron chi connectivity index (χ1n) is 8.96. The third kappa shape index (κ3) is 4.60. The van der Waals surface area contributed by atoms with Crippen molar-refractivity contribution in [3.8, 4) is 0 Å². The summed E-state index contributed by atoms with van der Waals surface area (Å²) in [5.74, 6) is 0.289. The van der Waals surface area contributed by atoms with Crippen LogP contribution in [0.1, 0.15) is 30.1 Å². The van der Waals surface area contributed by atoms with Crippen molar-refractivity contribution in [1.82, 2.24) is 0 Å². The van der Waals surface area contributed by atoms with Crippen LogP contribution in [0.2, 0.25) is 0 Å². The van der Waals surface area contributed by atoms with E-state index >= 15 is 0 Å². The normalized spacial score (nSPS) is 14.8. The highest BCUT2D eigenvalue weighted by atomic mass is 32.2. The average Bonchev–Trinajstić information content (AvgIpc) is 2.68. The number of anilines is 2. The lowest BCUT2D eigenvalue weighted by Crippen LogP contribution is -2.33. The van der Waals surface area contributed by atoms with Gasteiger partial charge in [-0.3, -0.25) is 14.9 Å². The second-order valence-corrected chi connectivity index (χ2v) is 7.70. The summed E-state index contributed by atoms with van der Waals surface area (Å²) in [5, 5.41) is 14.4. The maximum Gasteiger partial charge on any atom is 0.293 e. The molecule has 0 bridgehead atoms. The number of rotatable bonds is 5. The lowest BCUT2D eigenvalue weighted by molar-refractivity contribution is -0.384. The molecule has 1 N–H and O–H groups in total. The summed E-state index contributed by atoms with van der Waals surface area (Å²) < 4.78 is 0. The number of nitrogens with zero attached hydrogens (tertiary/aromatic N) is 2. The summed E-state index contributed by atoms with van der Waals surface area (Å²) in [6, 6.07) is 12.2. The highest BCUT2D eigenvalue weighted by molar-refractivity contribution is 7.98. The van der Waals surface area contributed by atoms with Gasteiger partial charge in [0.15, 0.2) is 0 Å². The molecule has 0 radical (unpaired) electrons. The van der Waals surface area contributed by atoms with Crippen molar-refractivity contribution in [3.05, 3.63) is 58.1 Å². The molecule has 1 aliphatic rings. The number of piperidine rings is 1. The van der Waals surface area contributed by atoms with Crippen LogP contribution in [0, 0.1) is 16.0 Å². The molecule has 2 aromatic carbocycles. The maximum atomic E-state index is 12.6. The fourth-order valence-corrected chi connectivity index (χ4v) is 3.69. The smallest absolute Gasteiger partial charge is 0.293 e. The number of nitro groups is 1. The molecule has 0 spiro atoms. The van der Waals surface area contributed by atoms with E-state index in [0.717, 1.165) is 30.8 Å². The van der Waals surface area contributed by atoms with Crippen LogP contribution in [0.3, 0.4) is 0 Å². The molecule has 1 fully saturated rings. The fourth-order valence-electron chi connectivity index (χ4n) is 3.23. The Morgan fingerprint density at radius 3 is 2.63 bits per heavy atom. The summed E-state index contributed by atoms with van der Waals surface area (Å²) in [4.78, 5) is 26.8. The maximum absolute atomic E-state index is 12.6. The Morgan fingerprint density at radius 1 is 1.22 bits per heavy atom. The molecule has 7 heteroatoms. The van der Waals surface area contributed by atoms with Crippen LogP contribution in [0.15, 0.2) is 47.4 Å². The molecule has 6 nitrogen and oxygen atoms in total. The molecular formula is C20H23N3O3S. The number of benzene rings is 2. The van der Waals surface area contributed by atoms with Gasteiger partial charge in [-0.25, -0.2) is 0 Å². The SMILES string of the molecule is CSc1cccc(NC(=O)c2ccc(N3CCC(C)CC3)c([N+](=O)[O-])c2)c1. The summed E-state index contributed by atoms with van der Waals surface area (Å²) >= 11 is 1.58. The van der Waals surface area contributed by atoms with Gasteiger partial charge >= 0.3 is 0 Å². The van der Waals surface area contributed by atoms with Crippen molar-refractivity contribution in [2.24, 2.45) is 5.92 Å². The first kappa shape index (κ1) is 19.2. The number of nitro benzene ring substituents is 1. The van der Waals surface area contributed by atoms with Crippen LogP contribution < -0.4 is 10.2 Å². The zero-order valence-electron chi connectivity index (χ0n) is 15.5. The van der Waals surface area contributed by atoms with Crippen molar-refractivity contribution in [1.29, 1.82) is 0 Å². The Labute approximate surface area is 163 Å². The van der Waals surface area contributed by atoms with E-state index in [4.69, 9.17) is 0 Å². The number of thioether (sulfide) groups is 1. The minimum Gasteiger partial charge on any atom is -0.366 e. The first-order valence-corrected chi connectivity index (χ1v) is 10.2. The largest absolute Gasteiger partial charge is 0.366 e. The molecule has 0 saturated carbocycles. The Morgan fingerprint density at radius 2 is 1.96 bits per heavy atom. The van der Waals surface area contributed by atoms with Crippen LogP contribution in [-0.4, -0.2) is 30.2 Å². The minimum atomic E-state index is -0.404. The van der Waals surface area contributed by atoms with Gasteiger partial charge in [0.2, 0.25) is 0 Å². The highest BCUT2D eigenvalue weighted by Gasteiger charge is 2.24.